The standard InChI is InChI=1S/C31H35Cl2N3O4S/c1-22-13-15-24(16-14-22)20-35(23(2)31(38)34-26-9-5-3-6-10-26)30(37)21-36(29-18-17-25(32)19-28(29)33)41(39,40)27-11-7-4-8-12-27/h4,7-8,11-19,23,26H,3,5-6,9-10,20-21H2,1-2H3,(H,34,38)/t23-/m1/s1. The maximum absolute atomic E-state index is 14.1. The van der Waals surface area contributed by atoms with Crippen LogP contribution in [0, 0.1) is 6.92 Å². The molecule has 2 amide bonds. The summed E-state index contributed by atoms with van der Waals surface area (Å²) in [4.78, 5) is 28.9. The summed E-state index contributed by atoms with van der Waals surface area (Å²) in [6.07, 6.45) is 5.07. The van der Waals surface area contributed by atoms with Gasteiger partial charge in [-0.1, -0.05) is 90.5 Å². The molecule has 1 saturated carbocycles. The Hall–Kier alpha value is -3.07. The molecule has 1 atom stereocenters. The van der Waals surface area contributed by atoms with E-state index in [4.69, 9.17) is 23.2 Å². The molecule has 218 valence electrons. The summed E-state index contributed by atoms with van der Waals surface area (Å²) in [5.74, 6) is -0.804. The Morgan fingerprint density at radius 3 is 2.24 bits per heavy atom. The summed E-state index contributed by atoms with van der Waals surface area (Å²) in [6, 6.07) is 19.2. The Bertz CT molecular complexity index is 1460. The van der Waals surface area contributed by atoms with Crippen LogP contribution in [0.15, 0.2) is 77.7 Å². The van der Waals surface area contributed by atoms with Crippen molar-refractivity contribution in [2.75, 3.05) is 10.8 Å². The molecule has 0 radical (unpaired) electrons. The number of benzene rings is 3. The number of anilines is 1. The molecular formula is C31H35Cl2N3O4S. The first kappa shape index (κ1) is 30.9. The van der Waals surface area contributed by atoms with Gasteiger partial charge in [0.2, 0.25) is 11.8 Å². The van der Waals surface area contributed by atoms with Gasteiger partial charge in [0.1, 0.15) is 12.6 Å². The van der Waals surface area contributed by atoms with Crippen LogP contribution in [-0.4, -0.2) is 43.8 Å². The van der Waals surface area contributed by atoms with Gasteiger partial charge in [-0.25, -0.2) is 8.42 Å². The minimum atomic E-state index is -4.21. The summed E-state index contributed by atoms with van der Waals surface area (Å²) in [6.45, 7) is 3.21. The average Bonchev–Trinajstić information content (AvgIpc) is 2.96. The van der Waals surface area contributed by atoms with Crippen molar-refractivity contribution in [3.63, 3.8) is 0 Å². The maximum Gasteiger partial charge on any atom is 0.264 e. The molecule has 0 bridgehead atoms. The minimum Gasteiger partial charge on any atom is -0.352 e. The van der Waals surface area contributed by atoms with E-state index in [1.165, 1.54) is 35.2 Å². The number of sulfonamides is 1. The highest BCUT2D eigenvalue weighted by Crippen LogP contribution is 2.33. The normalized spacial score (nSPS) is 14.7. The van der Waals surface area contributed by atoms with E-state index in [2.05, 4.69) is 5.32 Å². The largest absolute Gasteiger partial charge is 0.352 e. The molecular weight excluding hydrogens is 581 g/mol. The van der Waals surface area contributed by atoms with E-state index in [0.717, 1.165) is 47.5 Å². The lowest BCUT2D eigenvalue weighted by Crippen LogP contribution is -2.53. The molecule has 0 aromatic heterocycles. The predicted molar refractivity (Wildman–Crippen MR) is 164 cm³/mol. The fourth-order valence-electron chi connectivity index (χ4n) is 4.96. The van der Waals surface area contributed by atoms with Crippen molar-refractivity contribution in [3.05, 3.63) is 94.0 Å². The number of aryl methyl sites for hydroxylation is 1. The molecule has 3 aromatic carbocycles. The number of rotatable bonds is 10. The molecule has 3 aromatic rings. The van der Waals surface area contributed by atoms with Gasteiger partial charge in [0.05, 0.1) is 15.6 Å². The van der Waals surface area contributed by atoms with Gasteiger partial charge in [-0.2, -0.15) is 0 Å². The lowest BCUT2D eigenvalue weighted by atomic mass is 9.95. The predicted octanol–water partition coefficient (Wildman–Crippen LogP) is 6.36. The van der Waals surface area contributed by atoms with Crippen LogP contribution in [0.2, 0.25) is 10.0 Å². The van der Waals surface area contributed by atoms with Crippen molar-refractivity contribution in [2.45, 2.75) is 69.5 Å². The van der Waals surface area contributed by atoms with Gasteiger partial charge in [0.15, 0.2) is 0 Å². The SMILES string of the molecule is Cc1ccc(CN(C(=O)CN(c2ccc(Cl)cc2Cl)S(=O)(=O)c2ccccc2)[C@H](C)C(=O)NC2CCCCC2)cc1. The first-order chi connectivity index (χ1) is 19.6. The maximum atomic E-state index is 14.1. The second-order valence-corrected chi connectivity index (χ2v) is 13.2. The Kier molecular flexibility index (Phi) is 10.3. The van der Waals surface area contributed by atoms with Crippen molar-refractivity contribution >= 4 is 50.7 Å². The second-order valence-electron chi connectivity index (χ2n) is 10.4. The zero-order valence-corrected chi connectivity index (χ0v) is 25.6. The summed E-state index contributed by atoms with van der Waals surface area (Å²) in [5, 5.41) is 3.52. The quantitative estimate of drug-likeness (QED) is 0.287. The van der Waals surface area contributed by atoms with Crippen LogP contribution >= 0.6 is 23.2 Å². The summed E-state index contributed by atoms with van der Waals surface area (Å²) < 4.78 is 28.7. The van der Waals surface area contributed by atoms with Crippen LogP contribution in [0.3, 0.4) is 0 Å². The van der Waals surface area contributed by atoms with Crippen LogP contribution in [0.5, 0.6) is 0 Å². The smallest absolute Gasteiger partial charge is 0.264 e. The van der Waals surface area contributed by atoms with E-state index >= 15 is 0 Å². The van der Waals surface area contributed by atoms with Crippen LogP contribution in [0.25, 0.3) is 0 Å². The number of hydrogen-bond donors (Lipinski definition) is 1. The molecule has 0 saturated heterocycles. The number of nitrogens with zero attached hydrogens (tertiary/aromatic N) is 2. The third-order valence-corrected chi connectivity index (χ3v) is 9.69. The van der Waals surface area contributed by atoms with Crippen molar-refractivity contribution in [1.29, 1.82) is 0 Å². The van der Waals surface area contributed by atoms with Crippen molar-refractivity contribution in [2.24, 2.45) is 0 Å². The monoisotopic (exact) mass is 615 g/mol. The molecule has 1 aliphatic carbocycles. The van der Waals surface area contributed by atoms with Crippen LogP contribution in [-0.2, 0) is 26.2 Å². The first-order valence-corrected chi connectivity index (χ1v) is 15.9. The molecule has 0 unspecified atom stereocenters. The van der Waals surface area contributed by atoms with Gasteiger partial charge in [0, 0.05) is 17.6 Å². The van der Waals surface area contributed by atoms with E-state index in [9.17, 15) is 18.0 Å². The van der Waals surface area contributed by atoms with E-state index in [1.807, 2.05) is 31.2 Å². The van der Waals surface area contributed by atoms with Gasteiger partial charge in [0.25, 0.3) is 10.0 Å². The van der Waals surface area contributed by atoms with Crippen LogP contribution in [0.1, 0.15) is 50.2 Å². The highest BCUT2D eigenvalue weighted by Gasteiger charge is 2.34. The number of halogens is 2. The Morgan fingerprint density at radius 2 is 1.61 bits per heavy atom. The topological polar surface area (TPSA) is 86.8 Å². The van der Waals surface area contributed by atoms with Gasteiger partial charge in [-0.05, 0) is 62.6 Å². The van der Waals surface area contributed by atoms with E-state index < -0.39 is 28.5 Å². The van der Waals surface area contributed by atoms with Crippen molar-refractivity contribution in [3.8, 4) is 0 Å². The lowest BCUT2D eigenvalue weighted by Gasteiger charge is -2.33. The number of carbonyl (C=O) groups is 2. The third-order valence-electron chi connectivity index (χ3n) is 7.38. The van der Waals surface area contributed by atoms with Crippen molar-refractivity contribution < 1.29 is 18.0 Å². The highest BCUT2D eigenvalue weighted by atomic mass is 35.5. The highest BCUT2D eigenvalue weighted by molar-refractivity contribution is 7.92. The molecule has 10 heteroatoms. The third kappa shape index (κ3) is 7.82. The zero-order valence-electron chi connectivity index (χ0n) is 23.2. The Labute approximate surface area is 252 Å². The second kappa shape index (κ2) is 13.7. The van der Waals surface area contributed by atoms with Crippen molar-refractivity contribution in [1.82, 2.24) is 10.2 Å². The number of amides is 2. The summed E-state index contributed by atoms with van der Waals surface area (Å²) >= 11 is 12.6. The molecule has 0 heterocycles. The lowest BCUT2D eigenvalue weighted by molar-refractivity contribution is -0.139. The van der Waals surface area contributed by atoms with E-state index in [0.29, 0.717) is 5.02 Å². The van der Waals surface area contributed by atoms with Gasteiger partial charge >= 0.3 is 0 Å². The summed E-state index contributed by atoms with van der Waals surface area (Å²) in [5.41, 5.74) is 2.00. The Morgan fingerprint density at radius 1 is 0.951 bits per heavy atom. The molecule has 1 N–H and O–H groups in total. The van der Waals surface area contributed by atoms with Crippen LogP contribution in [0.4, 0.5) is 5.69 Å². The molecule has 7 nitrogen and oxygen atoms in total. The van der Waals surface area contributed by atoms with Gasteiger partial charge in [-0.3, -0.25) is 13.9 Å². The zero-order chi connectivity index (χ0) is 29.6. The van der Waals surface area contributed by atoms with E-state index in [-0.39, 0.29) is 34.1 Å². The summed E-state index contributed by atoms with van der Waals surface area (Å²) in [7, 11) is -4.21. The Balaban J connectivity index is 1.69. The molecule has 4 rings (SSSR count). The number of nitrogens with one attached hydrogen (secondary N) is 1. The molecule has 1 aliphatic rings. The average molecular weight is 617 g/mol. The van der Waals surface area contributed by atoms with Crippen LogP contribution < -0.4 is 9.62 Å². The number of hydrogen-bond acceptors (Lipinski definition) is 4. The number of carbonyl (C=O) groups excluding carboxylic acids is 2. The fourth-order valence-corrected chi connectivity index (χ4v) is 6.97. The van der Waals surface area contributed by atoms with E-state index in [1.54, 1.807) is 25.1 Å². The molecule has 41 heavy (non-hydrogen) atoms. The molecule has 0 spiro atoms. The van der Waals surface area contributed by atoms with Gasteiger partial charge in [-0.15, -0.1) is 0 Å². The molecule has 0 aliphatic heterocycles. The van der Waals surface area contributed by atoms with Gasteiger partial charge < -0.3 is 10.2 Å². The fraction of sp³-hybridized carbons (Fsp3) is 0.355. The first-order valence-electron chi connectivity index (χ1n) is 13.7. The molecule has 1 fully saturated rings. The minimum absolute atomic E-state index is 0.00647.